The highest BCUT2D eigenvalue weighted by Crippen LogP contribution is 2.20. The van der Waals surface area contributed by atoms with Gasteiger partial charge in [0.25, 0.3) is 0 Å². The molecule has 0 aromatic carbocycles. The average molecular weight is 272 g/mol. The van der Waals surface area contributed by atoms with E-state index in [9.17, 15) is 0 Å². The first-order chi connectivity index (χ1) is 9.83. The van der Waals surface area contributed by atoms with Crippen LogP contribution in [0.15, 0.2) is 23.0 Å². The molecule has 20 heavy (non-hydrogen) atoms. The molecule has 1 unspecified atom stereocenters. The maximum atomic E-state index is 5.36. The SMILES string of the molecule is Cc1cnccc1-c1noc(CCC2CCCCN2)n1. The van der Waals surface area contributed by atoms with Crippen LogP contribution in [-0.2, 0) is 6.42 Å². The second kappa shape index (κ2) is 6.13. The molecule has 1 atom stereocenters. The summed E-state index contributed by atoms with van der Waals surface area (Å²) in [7, 11) is 0. The number of aryl methyl sites for hydroxylation is 2. The monoisotopic (exact) mass is 272 g/mol. The Morgan fingerprint density at radius 3 is 3.15 bits per heavy atom. The predicted octanol–water partition coefficient (Wildman–Crippen LogP) is 2.51. The first kappa shape index (κ1) is 13.2. The lowest BCUT2D eigenvalue weighted by atomic mass is 10.0. The zero-order valence-electron chi connectivity index (χ0n) is 11.8. The zero-order chi connectivity index (χ0) is 13.8. The summed E-state index contributed by atoms with van der Waals surface area (Å²) in [5, 5.41) is 7.62. The van der Waals surface area contributed by atoms with Crippen molar-refractivity contribution in [3.63, 3.8) is 0 Å². The molecule has 5 heteroatoms. The Hall–Kier alpha value is -1.75. The summed E-state index contributed by atoms with van der Waals surface area (Å²) < 4.78 is 5.36. The molecule has 3 heterocycles. The molecule has 1 aliphatic rings. The van der Waals surface area contributed by atoms with Crippen LogP contribution in [0.2, 0.25) is 0 Å². The van der Waals surface area contributed by atoms with Crippen LogP contribution in [0.1, 0.15) is 37.1 Å². The maximum Gasteiger partial charge on any atom is 0.227 e. The molecule has 2 aromatic rings. The van der Waals surface area contributed by atoms with Gasteiger partial charge in [0.2, 0.25) is 11.7 Å². The smallest absolute Gasteiger partial charge is 0.227 e. The Labute approximate surface area is 118 Å². The third kappa shape index (κ3) is 3.04. The van der Waals surface area contributed by atoms with E-state index < -0.39 is 0 Å². The molecule has 3 rings (SSSR count). The minimum atomic E-state index is 0.599. The van der Waals surface area contributed by atoms with Gasteiger partial charge in [0.15, 0.2) is 0 Å². The van der Waals surface area contributed by atoms with Crippen molar-refractivity contribution < 1.29 is 4.52 Å². The molecule has 1 fully saturated rings. The number of rotatable bonds is 4. The molecule has 106 valence electrons. The van der Waals surface area contributed by atoms with Gasteiger partial charge in [-0.2, -0.15) is 4.98 Å². The lowest BCUT2D eigenvalue weighted by Gasteiger charge is -2.22. The Balaban J connectivity index is 1.63. The highest BCUT2D eigenvalue weighted by molar-refractivity contribution is 5.57. The summed E-state index contributed by atoms with van der Waals surface area (Å²) in [4.78, 5) is 8.57. The van der Waals surface area contributed by atoms with E-state index in [1.165, 1.54) is 19.3 Å². The highest BCUT2D eigenvalue weighted by atomic mass is 16.5. The highest BCUT2D eigenvalue weighted by Gasteiger charge is 2.15. The summed E-state index contributed by atoms with van der Waals surface area (Å²) in [6, 6.07) is 2.52. The molecular weight excluding hydrogens is 252 g/mol. The Morgan fingerprint density at radius 2 is 2.35 bits per heavy atom. The molecule has 0 radical (unpaired) electrons. The van der Waals surface area contributed by atoms with E-state index in [1.54, 1.807) is 6.20 Å². The minimum absolute atomic E-state index is 0.599. The summed E-state index contributed by atoms with van der Waals surface area (Å²) in [5.41, 5.74) is 2.06. The number of hydrogen-bond donors (Lipinski definition) is 1. The summed E-state index contributed by atoms with van der Waals surface area (Å²) >= 11 is 0. The van der Waals surface area contributed by atoms with Crippen LogP contribution in [0.5, 0.6) is 0 Å². The fraction of sp³-hybridized carbons (Fsp3) is 0.533. The number of nitrogens with one attached hydrogen (secondary N) is 1. The molecule has 0 spiro atoms. The molecule has 0 amide bonds. The van der Waals surface area contributed by atoms with E-state index in [-0.39, 0.29) is 0 Å². The van der Waals surface area contributed by atoms with Gasteiger partial charge in [0, 0.05) is 30.4 Å². The van der Waals surface area contributed by atoms with Gasteiger partial charge in [-0.25, -0.2) is 0 Å². The van der Waals surface area contributed by atoms with E-state index in [0.29, 0.717) is 11.9 Å². The van der Waals surface area contributed by atoms with E-state index in [4.69, 9.17) is 4.52 Å². The normalized spacial score (nSPS) is 19.1. The van der Waals surface area contributed by atoms with E-state index >= 15 is 0 Å². The zero-order valence-corrected chi connectivity index (χ0v) is 11.8. The van der Waals surface area contributed by atoms with E-state index in [0.717, 1.165) is 36.4 Å². The van der Waals surface area contributed by atoms with Crippen LogP contribution in [0.4, 0.5) is 0 Å². The second-order valence-corrected chi connectivity index (χ2v) is 5.39. The maximum absolute atomic E-state index is 5.36. The summed E-state index contributed by atoms with van der Waals surface area (Å²) in [6.45, 7) is 3.14. The number of aromatic nitrogens is 3. The summed E-state index contributed by atoms with van der Waals surface area (Å²) in [6.07, 6.45) is 9.35. The first-order valence-electron chi connectivity index (χ1n) is 7.30. The lowest BCUT2D eigenvalue weighted by molar-refractivity contribution is 0.342. The standard InChI is InChI=1S/C15H20N4O/c1-11-10-16-9-7-13(11)15-18-14(20-19-15)6-5-12-4-2-3-8-17-12/h7,9-10,12,17H,2-6,8H2,1H3. The molecule has 5 nitrogen and oxygen atoms in total. The van der Waals surface area contributed by atoms with Crippen LogP contribution < -0.4 is 5.32 Å². The van der Waals surface area contributed by atoms with Crippen LogP contribution >= 0.6 is 0 Å². The summed E-state index contributed by atoms with van der Waals surface area (Å²) in [5.74, 6) is 1.39. The topological polar surface area (TPSA) is 63.8 Å². The van der Waals surface area contributed by atoms with Crippen LogP contribution in [0.3, 0.4) is 0 Å². The molecule has 0 aliphatic carbocycles. The van der Waals surface area contributed by atoms with Gasteiger partial charge in [-0.1, -0.05) is 11.6 Å². The molecule has 1 N–H and O–H groups in total. The quantitative estimate of drug-likeness (QED) is 0.926. The minimum Gasteiger partial charge on any atom is -0.339 e. The van der Waals surface area contributed by atoms with Gasteiger partial charge in [0.1, 0.15) is 0 Å². The molecule has 2 aromatic heterocycles. The first-order valence-corrected chi connectivity index (χ1v) is 7.30. The van der Waals surface area contributed by atoms with Crippen molar-refractivity contribution in [3.05, 3.63) is 29.9 Å². The van der Waals surface area contributed by atoms with Crippen LogP contribution in [0.25, 0.3) is 11.4 Å². The third-order valence-corrected chi connectivity index (χ3v) is 3.85. The Bertz CT molecular complexity index is 561. The fourth-order valence-corrected chi connectivity index (χ4v) is 2.66. The van der Waals surface area contributed by atoms with Crippen molar-refractivity contribution in [2.24, 2.45) is 0 Å². The Kier molecular flexibility index (Phi) is 4.06. The molecular formula is C15H20N4O. The lowest BCUT2D eigenvalue weighted by Crippen LogP contribution is -2.34. The largest absolute Gasteiger partial charge is 0.339 e. The Morgan fingerprint density at radius 1 is 1.40 bits per heavy atom. The predicted molar refractivity (Wildman–Crippen MR) is 76.2 cm³/mol. The number of nitrogens with zero attached hydrogens (tertiary/aromatic N) is 3. The van der Waals surface area contributed by atoms with Gasteiger partial charge in [0.05, 0.1) is 0 Å². The van der Waals surface area contributed by atoms with Crippen molar-refractivity contribution in [2.75, 3.05) is 6.54 Å². The van der Waals surface area contributed by atoms with Gasteiger partial charge >= 0.3 is 0 Å². The van der Waals surface area contributed by atoms with E-state index in [2.05, 4.69) is 20.4 Å². The number of hydrogen-bond acceptors (Lipinski definition) is 5. The van der Waals surface area contributed by atoms with Crippen LogP contribution in [0, 0.1) is 6.92 Å². The van der Waals surface area contributed by atoms with E-state index in [1.807, 2.05) is 19.2 Å². The molecule has 0 saturated carbocycles. The number of pyridine rings is 1. The second-order valence-electron chi connectivity index (χ2n) is 5.39. The fourth-order valence-electron chi connectivity index (χ4n) is 2.66. The molecule has 1 aliphatic heterocycles. The van der Waals surface area contributed by atoms with Gasteiger partial charge in [-0.3, -0.25) is 4.98 Å². The van der Waals surface area contributed by atoms with Crippen LogP contribution in [-0.4, -0.2) is 27.7 Å². The number of piperidine rings is 1. The molecule has 1 saturated heterocycles. The van der Waals surface area contributed by atoms with Gasteiger partial charge in [-0.15, -0.1) is 0 Å². The van der Waals surface area contributed by atoms with Crippen molar-refractivity contribution in [1.82, 2.24) is 20.4 Å². The molecule has 0 bridgehead atoms. The van der Waals surface area contributed by atoms with Crippen molar-refractivity contribution >= 4 is 0 Å². The van der Waals surface area contributed by atoms with Crippen molar-refractivity contribution in [1.29, 1.82) is 0 Å². The average Bonchev–Trinajstić information content (AvgIpc) is 2.95. The van der Waals surface area contributed by atoms with Gasteiger partial charge in [-0.05, 0) is 44.4 Å². The third-order valence-electron chi connectivity index (χ3n) is 3.85. The van der Waals surface area contributed by atoms with Crippen molar-refractivity contribution in [2.45, 2.75) is 45.1 Å². The van der Waals surface area contributed by atoms with Gasteiger partial charge < -0.3 is 9.84 Å². The van der Waals surface area contributed by atoms with Crippen molar-refractivity contribution in [3.8, 4) is 11.4 Å².